The van der Waals surface area contributed by atoms with Crippen molar-refractivity contribution in [2.45, 2.75) is 51.6 Å². The first-order valence-corrected chi connectivity index (χ1v) is 7.81. The topological polar surface area (TPSA) is 15.3 Å². The summed E-state index contributed by atoms with van der Waals surface area (Å²) in [5.74, 6) is 0. The molecule has 1 aliphatic rings. The van der Waals surface area contributed by atoms with E-state index in [1.54, 1.807) is 0 Å². The predicted molar refractivity (Wildman–Crippen MR) is 82.5 cm³/mol. The molecule has 106 valence electrons. The highest BCUT2D eigenvalue weighted by Gasteiger charge is 2.21. The molecule has 0 bridgehead atoms. The van der Waals surface area contributed by atoms with Gasteiger partial charge in [-0.1, -0.05) is 37.3 Å². The third-order valence-corrected chi connectivity index (χ3v) is 4.32. The van der Waals surface area contributed by atoms with Gasteiger partial charge in [-0.3, -0.25) is 4.90 Å². The van der Waals surface area contributed by atoms with Crippen LogP contribution in [-0.2, 0) is 6.42 Å². The summed E-state index contributed by atoms with van der Waals surface area (Å²) in [6, 6.07) is 12.3. The van der Waals surface area contributed by atoms with Crippen LogP contribution in [0.15, 0.2) is 30.3 Å². The average molecular weight is 260 g/mol. The lowest BCUT2D eigenvalue weighted by atomic mass is 10.1. The van der Waals surface area contributed by atoms with Crippen LogP contribution in [0.1, 0.15) is 38.7 Å². The molecule has 2 rings (SSSR count). The lowest BCUT2D eigenvalue weighted by molar-refractivity contribution is 0.201. The number of hydrogen-bond acceptors (Lipinski definition) is 2. The minimum absolute atomic E-state index is 0.682. The molecular formula is C17H28N2. The number of nitrogens with one attached hydrogen (secondary N) is 1. The minimum Gasteiger partial charge on any atom is -0.313 e. The van der Waals surface area contributed by atoms with Gasteiger partial charge in [-0.2, -0.15) is 0 Å². The van der Waals surface area contributed by atoms with Crippen LogP contribution in [0.3, 0.4) is 0 Å². The smallest absolute Gasteiger partial charge is 0.0192 e. The summed E-state index contributed by atoms with van der Waals surface area (Å²) >= 11 is 0. The minimum atomic E-state index is 0.682. The van der Waals surface area contributed by atoms with Crippen molar-refractivity contribution in [3.63, 3.8) is 0 Å². The summed E-state index contributed by atoms with van der Waals surface area (Å²) in [6.07, 6.45) is 4.99. The van der Waals surface area contributed by atoms with Gasteiger partial charge in [0, 0.05) is 18.6 Å². The van der Waals surface area contributed by atoms with Gasteiger partial charge in [0.1, 0.15) is 0 Å². The van der Waals surface area contributed by atoms with Crippen molar-refractivity contribution >= 4 is 0 Å². The van der Waals surface area contributed by atoms with E-state index in [0.717, 1.165) is 6.04 Å². The van der Waals surface area contributed by atoms with E-state index in [-0.39, 0.29) is 0 Å². The van der Waals surface area contributed by atoms with Gasteiger partial charge >= 0.3 is 0 Å². The van der Waals surface area contributed by atoms with Crippen molar-refractivity contribution in [2.24, 2.45) is 0 Å². The predicted octanol–water partition coefficient (Wildman–Crippen LogP) is 3.08. The quantitative estimate of drug-likeness (QED) is 0.875. The number of nitrogens with zero attached hydrogens (tertiary/aromatic N) is 1. The van der Waals surface area contributed by atoms with Gasteiger partial charge in [0.25, 0.3) is 0 Å². The standard InChI is InChI=1S/C17H28N2/c1-3-17-14-19(15(2)11-12-18-17)13-7-10-16-8-5-4-6-9-16/h4-6,8-9,15,17-18H,3,7,10-14H2,1-2H3. The maximum atomic E-state index is 3.66. The van der Waals surface area contributed by atoms with E-state index in [1.165, 1.54) is 50.9 Å². The van der Waals surface area contributed by atoms with Crippen molar-refractivity contribution < 1.29 is 0 Å². The second kappa shape index (κ2) is 7.66. The highest BCUT2D eigenvalue weighted by molar-refractivity contribution is 5.14. The summed E-state index contributed by atoms with van der Waals surface area (Å²) in [5.41, 5.74) is 1.47. The molecule has 2 atom stereocenters. The fourth-order valence-electron chi connectivity index (χ4n) is 2.92. The van der Waals surface area contributed by atoms with E-state index in [1.807, 2.05) is 0 Å². The Bertz CT molecular complexity index is 350. The van der Waals surface area contributed by atoms with Crippen LogP contribution < -0.4 is 5.32 Å². The molecule has 1 N–H and O–H groups in total. The SMILES string of the molecule is CCC1CN(CCCc2ccccc2)C(C)CCN1. The monoisotopic (exact) mass is 260 g/mol. The molecule has 2 unspecified atom stereocenters. The number of aryl methyl sites for hydroxylation is 1. The maximum Gasteiger partial charge on any atom is 0.0192 e. The Labute approximate surface area is 118 Å². The molecule has 1 fully saturated rings. The number of rotatable bonds is 5. The first-order valence-electron chi connectivity index (χ1n) is 7.81. The Morgan fingerprint density at radius 1 is 1.26 bits per heavy atom. The third-order valence-electron chi connectivity index (χ3n) is 4.32. The largest absolute Gasteiger partial charge is 0.313 e. The summed E-state index contributed by atoms with van der Waals surface area (Å²) in [6.45, 7) is 8.29. The molecule has 0 spiro atoms. The first kappa shape index (κ1) is 14.5. The molecule has 19 heavy (non-hydrogen) atoms. The number of benzene rings is 1. The Hall–Kier alpha value is -0.860. The first-order chi connectivity index (χ1) is 9.29. The molecule has 0 amide bonds. The molecule has 1 aromatic rings. The van der Waals surface area contributed by atoms with E-state index >= 15 is 0 Å². The van der Waals surface area contributed by atoms with Crippen molar-refractivity contribution in [3.05, 3.63) is 35.9 Å². The zero-order valence-electron chi connectivity index (χ0n) is 12.4. The molecule has 0 aromatic heterocycles. The summed E-state index contributed by atoms with van der Waals surface area (Å²) in [7, 11) is 0. The Balaban J connectivity index is 1.79. The summed E-state index contributed by atoms with van der Waals surface area (Å²) in [5, 5.41) is 3.66. The molecule has 1 aliphatic heterocycles. The number of hydrogen-bond donors (Lipinski definition) is 1. The average Bonchev–Trinajstić information content (AvgIpc) is 2.62. The lowest BCUT2D eigenvalue weighted by Gasteiger charge is -2.28. The van der Waals surface area contributed by atoms with E-state index in [4.69, 9.17) is 0 Å². The van der Waals surface area contributed by atoms with Gasteiger partial charge in [-0.25, -0.2) is 0 Å². The van der Waals surface area contributed by atoms with Crippen molar-refractivity contribution in [1.82, 2.24) is 10.2 Å². The highest BCUT2D eigenvalue weighted by Crippen LogP contribution is 2.12. The van der Waals surface area contributed by atoms with Crippen LogP contribution in [0.5, 0.6) is 0 Å². The fraction of sp³-hybridized carbons (Fsp3) is 0.647. The molecule has 2 heteroatoms. The molecule has 0 saturated carbocycles. The molecule has 1 aromatic carbocycles. The zero-order valence-corrected chi connectivity index (χ0v) is 12.4. The fourth-order valence-corrected chi connectivity index (χ4v) is 2.92. The van der Waals surface area contributed by atoms with E-state index < -0.39 is 0 Å². The van der Waals surface area contributed by atoms with Crippen LogP contribution in [0, 0.1) is 0 Å². The molecule has 0 radical (unpaired) electrons. The zero-order chi connectivity index (χ0) is 13.5. The van der Waals surface area contributed by atoms with E-state index in [2.05, 4.69) is 54.4 Å². The highest BCUT2D eigenvalue weighted by atomic mass is 15.2. The molecule has 2 nitrogen and oxygen atoms in total. The van der Waals surface area contributed by atoms with Gasteiger partial charge in [0.2, 0.25) is 0 Å². The summed E-state index contributed by atoms with van der Waals surface area (Å²) < 4.78 is 0. The molecule has 1 heterocycles. The van der Waals surface area contributed by atoms with Crippen molar-refractivity contribution in [3.8, 4) is 0 Å². The lowest BCUT2D eigenvalue weighted by Crippen LogP contribution is -2.40. The van der Waals surface area contributed by atoms with Gasteiger partial charge < -0.3 is 5.32 Å². The van der Waals surface area contributed by atoms with Crippen LogP contribution >= 0.6 is 0 Å². The second-order valence-corrected chi connectivity index (χ2v) is 5.78. The Kier molecular flexibility index (Phi) is 5.87. The van der Waals surface area contributed by atoms with Crippen LogP contribution in [0.4, 0.5) is 0 Å². The van der Waals surface area contributed by atoms with E-state index in [9.17, 15) is 0 Å². The maximum absolute atomic E-state index is 3.66. The third kappa shape index (κ3) is 4.63. The van der Waals surface area contributed by atoms with Crippen molar-refractivity contribution in [1.29, 1.82) is 0 Å². The van der Waals surface area contributed by atoms with Gasteiger partial charge in [-0.05, 0) is 51.3 Å². The van der Waals surface area contributed by atoms with E-state index in [0.29, 0.717) is 6.04 Å². The Morgan fingerprint density at radius 3 is 2.79 bits per heavy atom. The van der Waals surface area contributed by atoms with Gasteiger partial charge in [-0.15, -0.1) is 0 Å². The molecular weight excluding hydrogens is 232 g/mol. The van der Waals surface area contributed by atoms with Crippen LogP contribution in [-0.4, -0.2) is 36.6 Å². The summed E-state index contributed by atoms with van der Waals surface area (Å²) in [4.78, 5) is 2.68. The second-order valence-electron chi connectivity index (χ2n) is 5.78. The normalized spacial score (nSPS) is 25.2. The van der Waals surface area contributed by atoms with Crippen molar-refractivity contribution in [2.75, 3.05) is 19.6 Å². The molecule has 1 saturated heterocycles. The Morgan fingerprint density at radius 2 is 2.05 bits per heavy atom. The van der Waals surface area contributed by atoms with Gasteiger partial charge in [0.05, 0.1) is 0 Å². The molecule has 0 aliphatic carbocycles. The van der Waals surface area contributed by atoms with Gasteiger partial charge in [0.15, 0.2) is 0 Å². The van der Waals surface area contributed by atoms with Crippen LogP contribution in [0.25, 0.3) is 0 Å². The van der Waals surface area contributed by atoms with Crippen LogP contribution in [0.2, 0.25) is 0 Å².